The van der Waals surface area contributed by atoms with Crippen LogP contribution in [-0.2, 0) is 0 Å². The molecule has 0 radical (unpaired) electrons. The van der Waals surface area contributed by atoms with E-state index in [2.05, 4.69) is 9.98 Å². The van der Waals surface area contributed by atoms with Gasteiger partial charge in [-0.25, -0.2) is 9.98 Å². The third-order valence-corrected chi connectivity index (χ3v) is 1.70. The van der Waals surface area contributed by atoms with Gasteiger partial charge in [0.2, 0.25) is 0 Å². The van der Waals surface area contributed by atoms with Gasteiger partial charge in [-0.3, -0.25) is 0 Å². The van der Waals surface area contributed by atoms with Crippen molar-refractivity contribution in [2.24, 2.45) is 4.99 Å². The fourth-order valence-electron chi connectivity index (χ4n) is 1.05. The average molecular weight is 187 g/mol. The summed E-state index contributed by atoms with van der Waals surface area (Å²) in [4.78, 5) is 8.17. The minimum Gasteiger partial charge on any atom is -0.427 e. The van der Waals surface area contributed by atoms with Gasteiger partial charge in [0.1, 0.15) is 0 Å². The molecule has 0 aliphatic carbocycles. The standard InChI is InChI=1S/C10H9N3O/c14-13-8-4-2-6-10(13)12-9-5-1-3-7-11-9/h1-8,14H. The maximum absolute atomic E-state index is 9.37. The fourth-order valence-corrected chi connectivity index (χ4v) is 1.05. The largest absolute Gasteiger partial charge is 0.427 e. The Hall–Kier alpha value is -2.10. The summed E-state index contributed by atoms with van der Waals surface area (Å²) in [6, 6.07) is 10.7. The molecule has 0 aliphatic heterocycles. The highest BCUT2D eigenvalue weighted by Gasteiger charge is 1.89. The first-order valence-electron chi connectivity index (χ1n) is 4.19. The van der Waals surface area contributed by atoms with Crippen molar-refractivity contribution < 1.29 is 5.21 Å². The molecule has 0 fully saturated rings. The maximum Gasteiger partial charge on any atom is 0.170 e. The SMILES string of the molecule is On1ccccc1=Nc1ccccn1. The van der Waals surface area contributed by atoms with Gasteiger partial charge in [-0.15, -0.1) is 0 Å². The highest BCUT2D eigenvalue weighted by atomic mass is 16.5. The molecule has 0 aromatic carbocycles. The lowest BCUT2D eigenvalue weighted by molar-refractivity contribution is 0.172. The van der Waals surface area contributed by atoms with Crippen LogP contribution in [0, 0.1) is 0 Å². The maximum atomic E-state index is 9.37. The summed E-state index contributed by atoms with van der Waals surface area (Å²) in [5, 5.41) is 9.37. The van der Waals surface area contributed by atoms with Gasteiger partial charge in [0.15, 0.2) is 11.3 Å². The summed E-state index contributed by atoms with van der Waals surface area (Å²) in [6.07, 6.45) is 3.17. The third-order valence-electron chi connectivity index (χ3n) is 1.70. The molecule has 2 aromatic heterocycles. The second-order valence-electron chi connectivity index (χ2n) is 2.70. The van der Waals surface area contributed by atoms with Gasteiger partial charge in [-0.1, -0.05) is 12.1 Å². The van der Waals surface area contributed by atoms with Crippen molar-refractivity contribution in [3.8, 4) is 0 Å². The molecule has 0 aliphatic rings. The van der Waals surface area contributed by atoms with Crippen LogP contribution in [-0.4, -0.2) is 14.9 Å². The first-order valence-corrected chi connectivity index (χ1v) is 4.19. The van der Waals surface area contributed by atoms with Crippen LogP contribution in [0.3, 0.4) is 0 Å². The molecule has 0 saturated heterocycles. The van der Waals surface area contributed by atoms with Crippen molar-refractivity contribution in [2.45, 2.75) is 0 Å². The van der Waals surface area contributed by atoms with E-state index in [1.807, 2.05) is 12.1 Å². The Labute approximate surface area is 80.8 Å². The van der Waals surface area contributed by atoms with E-state index in [9.17, 15) is 5.21 Å². The van der Waals surface area contributed by atoms with Gasteiger partial charge in [0, 0.05) is 12.4 Å². The molecule has 4 nitrogen and oxygen atoms in total. The predicted octanol–water partition coefficient (Wildman–Crippen LogP) is 1.35. The molecular weight excluding hydrogens is 178 g/mol. The van der Waals surface area contributed by atoms with Crippen LogP contribution >= 0.6 is 0 Å². The molecule has 0 amide bonds. The van der Waals surface area contributed by atoms with E-state index in [4.69, 9.17) is 0 Å². The molecule has 4 heteroatoms. The Balaban J connectivity index is 2.51. The Morgan fingerprint density at radius 2 is 2.00 bits per heavy atom. The van der Waals surface area contributed by atoms with Crippen LogP contribution in [0.5, 0.6) is 0 Å². The Kier molecular flexibility index (Phi) is 2.27. The minimum atomic E-state index is 0.450. The van der Waals surface area contributed by atoms with Crippen LogP contribution in [0.1, 0.15) is 0 Å². The number of rotatable bonds is 1. The number of nitrogens with zero attached hydrogens (tertiary/aromatic N) is 3. The molecule has 2 heterocycles. The Morgan fingerprint density at radius 3 is 2.71 bits per heavy atom. The Bertz CT molecular complexity index is 476. The number of hydrogen-bond acceptors (Lipinski definition) is 3. The highest BCUT2D eigenvalue weighted by molar-refractivity contribution is 5.25. The van der Waals surface area contributed by atoms with Crippen molar-refractivity contribution in [3.63, 3.8) is 0 Å². The first kappa shape index (κ1) is 8.50. The molecule has 14 heavy (non-hydrogen) atoms. The zero-order chi connectivity index (χ0) is 9.80. The summed E-state index contributed by atoms with van der Waals surface area (Å²) in [5.74, 6) is 0.571. The van der Waals surface area contributed by atoms with Gasteiger partial charge < -0.3 is 5.21 Å². The van der Waals surface area contributed by atoms with Crippen LogP contribution in [0.25, 0.3) is 0 Å². The molecular formula is C10H9N3O. The molecule has 70 valence electrons. The van der Waals surface area contributed by atoms with Crippen molar-refractivity contribution in [2.75, 3.05) is 0 Å². The molecule has 0 bridgehead atoms. The molecule has 0 atom stereocenters. The summed E-state index contributed by atoms with van der Waals surface area (Å²) in [5.41, 5.74) is 0.450. The van der Waals surface area contributed by atoms with E-state index in [0.717, 1.165) is 4.73 Å². The van der Waals surface area contributed by atoms with Crippen molar-refractivity contribution in [1.82, 2.24) is 9.71 Å². The molecule has 0 unspecified atom stereocenters. The van der Waals surface area contributed by atoms with Gasteiger partial charge in [-0.2, -0.15) is 4.73 Å². The van der Waals surface area contributed by atoms with E-state index in [1.165, 1.54) is 6.20 Å². The van der Waals surface area contributed by atoms with Crippen molar-refractivity contribution in [1.29, 1.82) is 0 Å². The number of aromatic nitrogens is 2. The van der Waals surface area contributed by atoms with E-state index >= 15 is 0 Å². The second kappa shape index (κ2) is 3.74. The average Bonchev–Trinajstić information content (AvgIpc) is 2.23. The summed E-state index contributed by atoms with van der Waals surface area (Å²) >= 11 is 0. The molecule has 0 spiro atoms. The topological polar surface area (TPSA) is 50.4 Å². The number of pyridine rings is 2. The van der Waals surface area contributed by atoms with Crippen LogP contribution in [0.4, 0.5) is 5.82 Å². The van der Waals surface area contributed by atoms with Crippen molar-refractivity contribution >= 4 is 5.82 Å². The van der Waals surface area contributed by atoms with E-state index in [1.54, 1.807) is 30.5 Å². The van der Waals surface area contributed by atoms with Crippen LogP contribution in [0.15, 0.2) is 53.8 Å². The van der Waals surface area contributed by atoms with Gasteiger partial charge in [-0.05, 0) is 24.3 Å². The highest BCUT2D eigenvalue weighted by Crippen LogP contribution is 2.02. The minimum absolute atomic E-state index is 0.450. The molecule has 2 rings (SSSR count). The quantitative estimate of drug-likeness (QED) is 0.685. The fraction of sp³-hybridized carbons (Fsp3) is 0. The lowest BCUT2D eigenvalue weighted by Gasteiger charge is -1.96. The third kappa shape index (κ3) is 1.80. The normalized spacial score (nSPS) is 11.6. The first-order chi connectivity index (χ1) is 6.86. The van der Waals surface area contributed by atoms with Crippen molar-refractivity contribution in [3.05, 3.63) is 54.3 Å². The van der Waals surface area contributed by atoms with Crippen LogP contribution < -0.4 is 5.49 Å². The monoisotopic (exact) mass is 187 g/mol. The predicted molar refractivity (Wildman–Crippen MR) is 51.1 cm³/mol. The smallest absolute Gasteiger partial charge is 0.170 e. The zero-order valence-corrected chi connectivity index (χ0v) is 7.41. The second-order valence-corrected chi connectivity index (χ2v) is 2.70. The van der Waals surface area contributed by atoms with Gasteiger partial charge in [0.05, 0.1) is 0 Å². The summed E-state index contributed by atoms with van der Waals surface area (Å²) in [7, 11) is 0. The van der Waals surface area contributed by atoms with E-state index in [0.29, 0.717) is 11.3 Å². The molecule has 0 saturated carbocycles. The van der Waals surface area contributed by atoms with Gasteiger partial charge >= 0.3 is 0 Å². The lowest BCUT2D eigenvalue weighted by atomic mass is 10.4. The van der Waals surface area contributed by atoms with Crippen LogP contribution in [0.2, 0.25) is 0 Å². The van der Waals surface area contributed by atoms with E-state index < -0.39 is 0 Å². The number of hydrogen-bond donors (Lipinski definition) is 1. The zero-order valence-electron chi connectivity index (χ0n) is 7.41. The summed E-state index contributed by atoms with van der Waals surface area (Å²) < 4.78 is 0.953. The molecule has 2 aromatic rings. The summed E-state index contributed by atoms with van der Waals surface area (Å²) in [6.45, 7) is 0. The van der Waals surface area contributed by atoms with Gasteiger partial charge in [0.25, 0.3) is 0 Å². The lowest BCUT2D eigenvalue weighted by Crippen LogP contribution is -2.16. The van der Waals surface area contributed by atoms with E-state index in [-0.39, 0.29) is 0 Å². The Morgan fingerprint density at radius 1 is 1.14 bits per heavy atom. The molecule has 1 N–H and O–H groups in total.